The molecule has 2 aromatic rings. The standard InChI is InChI=1S/C27H30F4N2O4/c28-20-14-18(13-19(15-20)27(29,30)31)25(34)33-24(26(35)36)9-10-37-22-11-16(12-22)5-7-21-8-6-17-3-1-2-4-23(17)32-21/h6,8,13-16,22,24H,1-5,7,9-12H2,(H,33,34)(H,35,36). The molecule has 0 spiro atoms. The second-order valence-corrected chi connectivity index (χ2v) is 9.86. The maximum atomic E-state index is 13.6. The van der Waals surface area contributed by atoms with Gasteiger partial charge in [-0.3, -0.25) is 9.78 Å². The lowest BCUT2D eigenvalue weighted by Gasteiger charge is -2.35. The van der Waals surface area contributed by atoms with Gasteiger partial charge in [-0.2, -0.15) is 13.2 Å². The molecular weight excluding hydrogens is 492 g/mol. The summed E-state index contributed by atoms with van der Waals surface area (Å²) >= 11 is 0. The maximum absolute atomic E-state index is 13.6. The number of carbonyl (C=O) groups excluding carboxylic acids is 1. The minimum Gasteiger partial charge on any atom is -0.480 e. The average molecular weight is 523 g/mol. The molecule has 6 nitrogen and oxygen atoms in total. The molecule has 1 aromatic carbocycles. The number of aliphatic carboxylic acids is 1. The Balaban J connectivity index is 1.19. The van der Waals surface area contributed by atoms with E-state index in [2.05, 4.69) is 17.4 Å². The van der Waals surface area contributed by atoms with Crippen LogP contribution in [0.4, 0.5) is 17.6 Å². The lowest BCUT2D eigenvalue weighted by Crippen LogP contribution is -2.42. The molecule has 10 heteroatoms. The van der Waals surface area contributed by atoms with E-state index in [-0.39, 0.29) is 25.2 Å². The highest BCUT2D eigenvalue weighted by atomic mass is 19.4. The van der Waals surface area contributed by atoms with Crippen LogP contribution in [0.2, 0.25) is 0 Å². The number of alkyl halides is 3. The molecule has 0 aliphatic heterocycles. The van der Waals surface area contributed by atoms with Crippen LogP contribution in [-0.4, -0.2) is 40.7 Å². The van der Waals surface area contributed by atoms with Crippen LogP contribution in [-0.2, 0) is 35.0 Å². The molecule has 1 fully saturated rings. The van der Waals surface area contributed by atoms with Gasteiger partial charge in [-0.15, -0.1) is 0 Å². The molecule has 0 saturated heterocycles. The summed E-state index contributed by atoms with van der Waals surface area (Å²) in [4.78, 5) is 28.7. The summed E-state index contributed by atoms with van der Waals surface area (Å²) < 4.78 is 58.0. The van der Waals surface area contributed by atoms with Crippen molar-refractivity contribution in [3.05, 3.63) is 64.2 Å². The molecule has 1 unspecified atom stereocenters. The fraction of sp³-hybridized carbons (Fsp3) is 0.519. The predicted octanol–water partition coefficient (Wildman–Crippen LogP) is 5.12. The van der Waals surface area contributed by atoms with Crippen molar-refractivity contribution in [1.82, 2.24) is 10.3 Å². The highest BCUT2D eigenvalue weighted by molar-refractivity contribution is 5.96. The first-order valence-electron chi connectivity index (χ1n) is 12.6. The lowest BCUT2D eigenvalue weighted by atomic mass is 9.79. The van der Waals surface area contributed by atoms with Gasteiger partial charge in [0.2, 0.25) is 0 Å². The molecule has 1 saturated carbocycles. The summed E-state index contributed by atoms with van der Waals surface area (Å²) in [6, 6.07) is 4.33. The quantitative estimate of drug-likeness (QED) is 0.423. The first-order valence-corrected chi connectivity index (χ1v) is 12.6. The Labute approximate surface area is 212 Å². The fourth-order valence-corrected chi connectivity index (χ4v) is 4.90. The molecule has 200 valence electrons. The number of carbonyl (C=O) groups is 2. The summed E-state index contributed by atoms with van der Waals surface area (Å²) in [5.41, 5.74) is 1.79. The van der Waals surface area contributed by atoms with Crippen molar-refractivity contribution >= 4 is 11.9 Å². The SMILES string of the molecule is O=C(NC(CCOC1CC(CCc2ccc3c(n2)CCCC3)C1)C(=O)O)c1cc(F)cc(C(F)(F)F)c1. The van der Waals surface area contributed by atoms with E-state index in [0.29, 0.717) is 18.1 Å². The van der Waals surface area contributed by atoms with Crippen molar-refractivity contribution < 1.29 is 37.0 Å². The Morgan fingerprint density at radius 3 is 2.62 bits per heavy atom. The van der Waals surface area contributed by atoms with Crippen molar-refractivity contribution in [1.29, 1.82) is 0 Å². The van der Waals surface area contributed by atoms with Gasteiger partial charge < -0.3 is 15.2 Å². The van der Waals surface area contributed by atoms with E-state index in [0.717, 1.165) is 44.2 Å². The number of amides is 1. The number of nitrogens with zero attached hydrogens (tertiary/aromatic N) is 1. The van der Waals surface area contributed by atoms with Crippen molar-refractivity contribution in [2.75, 3.05) is 6.61 Å². The molecule has 2 aliphatic rings. The number of aromatic nitrogens is 1. The zero-order valence-corrected chi connectivity index (χ0v) is 20.3. The van der Waals surface area contributed by atoms with Gasteiger partial charge in [0.25, 0.3) is 5.91 Å². The first kappa shape index (κ1) is 27.0. The zero-order valence-electron chi connectivity index (χ0n) is 20.3. The largest absolute Gasteiger partial charge is 0.480 e. The summed E-state index contributed by atoms with van der Waals surface area (Å²) in [5, 5.41) is 11.6. The van der Waals surface area contributed by atoms with Crippen molar-refractivity contribution in [2.45, 2.75) is 76.1 Å². The van der Waals surface area contributed by atoms with Crippen LogP contribution in [0.15, 0.2) is 30.3 Å². The Hall–Kier alpha value is -3.01. The summed E-state index contributed by atoms with van der Waals surface area (Å²) in [6.45, 7) is 0.0674. The molecule has 37 heavy (non-hydrogen) atoms. The van der Waals surface area contributed by atoms with E-state index in [1.807, 2.05) is 0 Å². The summed E-state index contributed by atoms with van der Waals surface area (Å²) in [6.07, 6.45) is 3.32. The Kier molecular flexibility index (Phi) is 8.46. The minimum atomic E-state index is -4.84. The molecule has 1 amide bonds. The number of hydrogen-bond acceptors (Lipinski definition) is 4. The third kappa shape index (κ3) is 7.28. The molecule has 1 atom stereocenters. The fourth-order valence-electron chi connectivity index (χ4n) is 4.90. The number of carboxylic acid groups (broad SMARTS) is 1. The highest BCUT2D eigenvalue weighted by Gasteiger charge is 2.33. The van der Waals surface area contributed by atoms with E-state index in [4.69, 9.17) is 9.72 Å². The number of pyridine rings is 1. The zero-order chi connectivity index (χ0) is 26.6. The highest BCUT2D eigenvalue weighted by Crippen LogP contribution is 2.34. The Bertz CT molecular complexity index is 1130. The van der Waals surface area contributed by atoms with Gasteiger partial charge in [0.05, 0.1) is 11.7 Å². The molecular formula is C27H30F4N2O4. The van der Waals surface area contributed by atoms with Crippen LogP contribution < -0.4 is 5.32 Å². The number of ether oxygens (including phenoxy) is 1. The van der Waals surface area contributed by atoms with Crippen LogP contribution >= 0.6 is 0 Å². The molecule has 4 rings (SSSR count). The topological polar surface area (TPSA) is 88.5 Å². The van der Waals surface area contributed by atoms with E-state index >= 15 is 0 Å². The van der Waals surface area contributed by atoms with Gasteiger partial charge in [-0.25, -0.2) is 9.18 Å². The van der Waals surface area contributed by atoms with Gasteiger partial charge in [-0.05, 0) is 87.1 Å². The number of hydrogen-bond donors (Lipinski definition) is 2. The van der Waals surface area contributed by atoms with Gasteiger partial charge in [0.15, 0.2) is 0 Å². The second kappa shape index (κ2) is 11.6. The van der Waals surface area contributed by atoms with Gasteiger partial charge >= 0.3 is 12.1 Å². The Morgan fingerprint density at radius 2 is 1.89 bits per heavy atom. The van der Waals surface area contributed by atoms with Gasteiger partial charge in [-0.1, -0.05) is 6.07 Å². The number of nitrogens with one attached hydrogen (secondary N) is 1. The summed E-state index contributed by atoms with van der Waals surface area (Å²) in [7, 11) is 0. The van der Waals surface area contributed by atoms with E-state index in [1.54, 1.807) is 0 Å². The first-order chi connectivity index (χ1) is 17.6. The molecule has 2 aliphatic carbocycles. The molecule has 1 heterocycles. The van der Waals surface area contributed by atoms with Crippen LogP contribution in [0.1, 0.15) is 71.4 Å². The molecule has 0 radical (unpaired) electrons. The third-order valence-electron chi connectivity index (χ3n) is 7.09. The lowest BCUT2D eigenvalue weighted by molar-refractivity contribution is -0.140. The Morgan fingerprint density at radius 1 is 1.14 bits per heavy atom. The maximum Gasteiger partial charge on any atom is 0.416 e. The number of fused-ring (bicyclic) bond motifs is 1. The van der Waals surface area contributed by atoms with Crippen molar-refractivity contribution in [3.8, 4) is 0 Å². The number of carboxylic acids is 1. The predicted molar refractivity (Wildman–Crippen MR) is 127 cm³/mol. The van der Waals surface area contributed by atoms with Crippen molar-refractivity contribution in [3.63, 3.8) is 0 Å². The second-order valence-electron chi connectivity index (χ2n) is 9.86. The number of halogens is 4. The average Bonchev–Trinajstić information content (AvgIpc) is 2.82. The number of rotatable bonds is 10. The van der Waals surface area contributed by atoms with Crippen LogP contribution in [0.5, 0.6) is 0 Å². The monoisotopic (exact) mass is 522 g/mol. The van der Waals surface area contributed by atoms with Crippen LogP contribution in [0.3, 0.4) is 0 Å². The number of aryl methyl sites for hydroxylation is 3. The normalized spacial score (nSPS) is 20.0. The number of benzene rings is 1. The third-order valence-corrected chi connectivity index (χ3v) is 7.09. The summed E-state index contributed by atoms with van der Waals surface area (Å²) in [5.74, 6) is -3.18. The van der Waals surface area contributed by atoms with Crippen LogP contribution in [0.25, 0.3) is 0 Å². The van der Waals surface area contributed by atoms with E-state index in [1.165, 1.54) is 24.1 Å². The van der Waals surface area contributed by atoms with Gasteiger partial charge in [0, 0.05) is 30.0 Å². The molecule has 0 bridgehead atoms. The van der Waals surface area contributed by atoms with Crippen LogP contribution in [0, 0.1) is 11.7 Å². The van der Waals surface area contributed by atoms with Gasteiger partial charge in [0.1, 0.15) is 11.9 Å². The van der Waals surface area contributed by atoms with E-state index < -0.39 is 41.0 Å². The minimum absolute atomic E-state index is 0.00389. The van der Waals surface area contributed by atoms with Crippen molar-refractivity contribution in [2.24, 2.45) is 5.92 Å². The smallest absolute Gasteiger partial charge is 0.416 e. The molecule has 1 aromatic heterocycles. The molecule has 2 N–H and O–H groups in total. The van der Waals surface area contributed by atoms with E-state index in [9.17, 15) is 32.3 Å².